The lowest BCUT2D eigenvalue weighted by atomic mass is 9.98. The lowest BCUT2D eigenvalue weighted by Crippen LogP contribution is -2.36. The Balaban J connectivity index is 1.75. The van der Waals surface area contributed by atoms with Crippen LogP contribution in [0.3, 0.4) is 0 Å². The number of hydrogen-bond donors (Lipinski definition) is 2. The number of amides is 1. The van der Waals surface area contributed by atoms with Crippen molar-refractivity contribution in [3.8, 4) is 0 Å². The van der Waals surface area contributed by atoms with Crippen LogP contribution in [0.15, 0.2) is 12.1 Å². The SMILES string of the molecule is CC(C)(C)OC(=O)NCCCN1CCc2c(N)cc(Cl)cc2C1. The molecule has 1 aliphatic rings. The second kappa shape index (κ2) is 7.41. The van der Waals surface area contributed by atoms with E-state index in [1.165, 1.54) is 11.1 Å². The quantitative estimate of drug-likeness (QED) is 0.653. The summed E-state index contributed by atoms with van der Waals surface area (Å²) in [6, 6.07) is 3.82. The normalized spacial score (nSPS) is 15.1. The first-order valence-electron chi connectivity index (χ1n) is 8.00. The summed E-state index contributed by atoms with van der Waals surface area (Å²) in [5, 5.41) is 3.48. The molecule has 0 saturated carbocycles. The lowest BCUT2D eigenvalue weighted by molar-refractivity contribution is 0.0525. The molecular weight excluding hydrogens is 314 g/mol. The molecule has 5 nitrogen and oxygen atoms in total. The van der Waals surface area contributed by atoms with Crippen LogP contribution in [0, 0.1) is 0 Å². The zero-order chi connectivity index (χ0) is 17.0. The van der Waals surface area contributed by atoms with Gasteiger partial charge in [-0.05, 0) is 56.9 Å². The number of nitrogens with one attached hydrogen (secondary N) is 1. The minimum absolute atomic E-state index is 0.360. The summed E-state index contributed by atoms with van der Waals surface area (Å²) in [5.41, 5.74) is 8.79. The van der Waals surface area contributed by atoms with Crippen LogP contribution in [-0.2, 0) is 17.7 Å². The van der Waals surface area contributed by atoms with Crippen molar-refractivity contribution in [3.05, 3.63) is 28.3 Å². The largest absolute Gasteiger partial charge is 0.444 e. The zero-order valence-electron chi connectivity index (χ0n) is 14.1. The molecule has 1 aromatic rings. The van der Waals surface area contributed by atoms with Crippen LogP contribution in [0.1, 0.15) is 38.3 Å². The van der Waals surface area contributed by atoms with E-state index in [0.29, 0.717) is 11.6 Å². The van der Waals surface area contributed by atoms with Crippen LogP contribution in [0.5, 0.6) is 0 Å². The molecule has 0 aromatic heterocycles. The predicted octanol–water partition coefficient (Wildman–Crippen LogP) is 3.20. The second-order valence-corrected chi connectivity index (χ2v) is 7.38. The Morgan fingerprint density at radius 2 is 2.17 bits per heavy atom. The Labute approximate surface area is 143 Å². The summed E-state index contributed by atoms with van der Waals surface area (Å²) in [6.07, 6.45) is 1.46. The molecule has 0 saturated heterocycles. The summed E-state index contributed by atoms with van der Waals surface area (Å²) >= 11 is 6.08. The van der Waals surface area contributed by atoms with Crippen molar-refractivity contribution < 1.29 is 9.53 Å². The van der Waals surface area contributed by atoms with Gasteiger partial charge in [-0.15, -0.1) is 0 Å². The standard InChI is InChI=1S/C17H26ClN3O2/c1-17(2,3)23-16(22)20-6-4-7-21-8-5-14-12(11-21)9-13(18)10-15(14)19/h9-10H,4-8,11,19H2,1-3H3,(H,20,22). The van der Waals surface area contributed by atoms with E-state index >= 15 is 0 Å². The molecule has 0 spiro atoms. The van der Waals surface area contributed by atoms with Gasteiger partial charge in [-0.1, -0.05) is 11.6 Å². The molecule has 1 amide bonds. The summed E-state index contributed by atoms with van der Waals surface area (Å²) in [5.74, 6) is 0. The van der Waals surface area contributed by atoms with Crippen molar-refractivity contribution in [1.29, 1.82) is 0 Å². The monoisotopic (exact) mass is 339 g/mol. The van der Waals surface area contributed by atoms with Gasteiger partial charge in [-0.3, -0.25) is 4.90 Å². The van der Waals surface area contributed by atoms with Crippen LogP contribution in [0.2, 0.25) is 5.02 Å². The highest BCUT2D eigenvalue weighted by Gasteiger charge is 2.19. The van der Waals surface area contributed by atoms with E-state index in [9.17, 15) is 4.79 Å². The molecule has 1 heterocycles. The molecule has 6 heteroatoms. The highest BCUT2D eigenvalue weighted by Crippen LogP contribution is 2.28. The minimum Gasteiger partial charge on any atom is -0.444 e. The van der Waals surface area contributed by atoms with Crippen molar-refractivity contribution in [3.63, 3.8) is 0 Å². The van der Waals surface area contributed by atoms with E-state index < -0.39 is 5.60 Å². The molecule has 128 valence electrons. The van der Waals surface area contributed by atoms with Gasteiger partial charge in [0.1, 0.15) is 5.60 Å². The number of benzene rings is 1. The fourth-order valence-corrected chi connectivity index (χ4v) is 3.00. The first-order valence-corrected chi connectivity index (χ1v) is 8.38. The fraction of sp³-hybridized carbons (Fsp3) is 0.588. The summed E-state index contributed by atoms with van der Waals surface area (Å²) in [7, 11) is 0. The van der Waals surface area contributed by atoms with Crippen molar-refractivity contribution in [2.75, 3.05) is 25.4 Å². The topological polar surface area (TPSA) is 67.6 Å². The van der Waals surface area contributed by atoms with E-state index in [4.69, 9.17) is 22.1 Å². The Hall–Kier alpha value is -1.46. The number of halogens is 1. The molecule has 0 fully saturated rings. The van der Waals surface area contributed by atoms with Crippen molar-refractivity contribution in [2.24, 2.45) is 0 Å². The number of fused-ring (bicyclic) bond motifs is 1. The summed E-state index contributed by atoms with van der Waals surface area (Å²) in [4.78, 5) is 13.9. The van der Waals surface area contributed by atoms with Crippen LogP contribution >= 0.6 is 11.6 Å². The third-order valence-electron chi connectivity index (χ3n) is 3.73. The number of hydrogen-bond acceptors (Lipinski definition) is 4. The molecule has 0 unspecified atom stereocenters. The number of nitrogens with zero attached hydrogens (tertiary/aromatic N) is 1. The van der Waals surface area contributed by atoms with E-state index in [0.717, 1.165) is 38.2 Å². The Bertz CT molecular complexity index is 570. The van der Waals surface area contributed by atoms with E-state index in [-0.39, 0.29) is 6.09 Å². The minimum atomic E-state index is -0.458. The van der Waals surface area contributed by atoms with Crippen LogP contribution in [0.4, 0.5) is 10.5 Å². The van der Waals surface area contributed by atoms with Gasteiger partial charge < -0.3 is 15.8 Å². The molecular formula is C17H26ClN3O2. The second-order valence-electron chi connectivity index (χ2n) is 6.94. The van der Waals surface area contributed by atoms with Gasteiger partial charge in [-0.25, -0.2) is 4.79 Å². The van der Waals surface area contributed by atoms with Crippen molar-refractivity contribution in [1.82, 2.24) is 10.2 Å². The molecule has 0 aliphatic carbocycles. The molecule has 0 radical (unpaired) electrons. The smallest absolute Gasteiger partial charge is 0.407 e. The number of carbonyl (C=O) groups is 1. The Morgan fingerprint density at radius 1 is 1.43 bits per heavy atom. The molecule has 0 bridgehead atoms. The average molecular weight is 340 g/mol. The van der Waals surface area contributed by atoms with Gasteiger partial charge in [0.25, 0.3) is 0 Å². The fourth-order valence-electron chi connectivity index (χ4n) is 2.75. The van der Waals surface area contributed by atoms with Gasteiger partial charge >= 0.3 is 6.09 Å². The van der Waals surface area contributed by atoms with Gasteiger partial charge in [-0.2, -0.15) is 0 Å². The number of ether oxygens (including phenoxy) is 1. The van der Waals surface area contributed by atoms with Crippen LogP contribution in [0.25, 0.3) is 0 Å². The number of rotatable bonds is 4. The van der Waals surface area contributed by atoms with Gasteiger partial charge in [0.05, 0.1) is 0 Å². The van der Waals surface area contributed by atoms with Gasteiger partial charge in [0.2, 0.25) is 0 Å². The van der Waals surface area contributed by atoms with Crippen molar-refractivity contribution in [2.45, 2.75) is 45.8 Å². The maximum Gasteiger partial charge on any atom is 0.407 e. The number of alkyl carbamates (subject to hydrolysis) is 1. The highest BCUT2D eigenvalue weighted by atomic mass is 35.5. The number of nitrogens with two attached hydrogens (primary N) is 1. The molecule has 0 atom stereocenters. The first-order chi connectivity index (χ1) is 10.7. The predicted molar refractivity (Wildman–Crippen MR) is 93.7 cm³/mol. The zero-order valence-corrected chi connectivity index (χ0v) is 14.9. The summed E-state index contributed by atoms with van der Waals surface area (Å²) < 4.78 is 5.21. The Morgan fingerprint density at radius 3 is 2.87 bits per heavy atom. The van der Waals surface area contributed by atoms with Gasteiger partial charge in [0, 0.05) is 36.9 Å². The molecule has 1 aliphatic heterocycles. The summed E-state index contributed by atoms with van der Waals surface area (Å²) in [6.45, 7) is 8.92. The van der Waals surface area contributed by atoms with Crippen LogP contribution < -0.4 is 11.1 Å². The molecule has 23 heavy (non-hydrogen) atoms. The van der Waals surface area contributed by atoms with E-state index in [1.54, 1.807) is 0 Å². The lowest BCUT2D eigenvalue weighted by Gasteiger charge is -2.29. The number of carbonyl (C=O) groups excluding carboxylic acids is 1. The third kappa shape index (κ3) is 5.59. The molecule has 3 N–H and O–H groups in total. The van der Waals surface area contributed by atoms with Gasteiger partial charge in [0.15, 0.2) is 0 Å². The maximum absolute atomic E-state index is 11.6. The van der Waals surface area contributed by atoms with Crippen molar-refractivity contribution >= 4 is 23.4 Å². The average Bonchev–Trinajstić information content (AvgIpc) is 2.41. The number of nitrogen functional groups attached to an aromatic ring is 1. The third-order valence-corrected chi connectivity index (χ3v) is 3.95. The Kier molecular flexibility index (Phi) is 5.76. The van der Waals surface area contributed by atoms with E-state index in [1.807, 2.05) is 32.9 Å². The maximum atomic E-state index is 11.6. The first kappa shape index (κ1) is 17.9. The van der Waals surface area contributed by atoms with E-state index in [2.05, 4.69) is 10.2 Å². The van der Waals surface area contributed by atoms with Crippen LogP contribution in [-0.4, -0.2) is 36.2 Å². The molecule has 1 aromatic carbocycles. The number of anilines is 1. The highest BCUT2D eigenvalue weighted by molar-refractivity contribution is 6.31. The molecule has 2 rings (SSSR count).